The fraction of sp³-hybridized carbons (Fsp3) is 0.522. The average Bonchev–Trinajstić information content (AvgIpc) is 2.72. The van der Waals surface area contributed by atoms with Gasteiger partial charge in [0.1, 0.15) is 17.1 Å². The van der Waals surface area contributed by atoms with Gasteiger partial charge in [-0.3, -0.25) is 9.78 Å². The number of anilines is 1. The SMILES string of the molecule is COc1ccc(Oc2cncc(N3CCCC(CCC(=O)OC(C)(C)C)C3)n2)cc1. The highest BCUT2D eigenvalue weighted by Gasteiger charge is 2.23. The summed E-state index contributed by atoms with van der Waals surface area (Å²) in [5.41, 5.74) is -0.435. The van der Waals surface area contributed by atoms with Crippen LogP contribution in [-0.4, -0.2) is 41.7 Å². The van der Waals surface area contributed by atoms with Gasteiger partial charge in [-0.05, 0) is 70.2 Å². The Morgan fingerprint density at radius 2 is 1.90 bits per heavy atom. The summed E-state index contributed by atoms with van der Waals surface area (Å²) in [4.78, 5) is 23.2. The van der Waals surface area contributed by atoms with Gasteiger partial charge < -0.3 is 19.1 Å². The van der Waals surface area contributed by atoms with Crippen molar-refractivity contribution in [2.75, 3.05) is 25.1 Å². The van der Waals surface area contributed by atoms with Crippen LogP contribution in [0, 0.1) is 5.92 Å². The number of piperidine rings is 1. The zero-order chi connectivity index (χ0) is 21.6. The first kappa shape index (κ1) is 21.9. The van der Waals surface area contributed by atoms with Gasteiger partial charge in [0.05, 0.1) is 19.5 Å². The molecule has 2 heterocycles. The molecule has 0 amide bonds. The van der Waals surface area contributed by atoms with E-state index in [1.807, 2.05) is 45.0 Å². The number of ether oxygens (including phenoxy) is 3. The third-order valence-electron chi connectivity index (χ3n) is 4.90. The van der Waals surface area contributed by atoms with E-state index in [1.54, 1.807) is 19.5 Å². The molecule has 1 fully saturated rings. The molecule has 1 aromatic carbocycles. The van der Waals surface area contributed by atoms with Gasteiger partial charge in [0, 0.05) is 19.5 Å². The summed E-state index contributed by atoms with van der Waals surface area (Å²) >= 11 is 0. The van der Waals surface area contributed by atoms with Crippen LogP contribution < -0.4 is 14.4 Å². The Kier molecular flexibility index (Phi) is 7.13. The smallest absolute Gasteiger partial charge is 0.306 e. The van der Waals surface area contributed by atoms with Gasteiger partial charge in [-0.25, -0.2) is 0 Å². The Balaban J connectivity index is 1.57. The van der Waals surface area contributed by atoms with E-state index in [1.165, 1.54) is 0 Å². The van der Waals surface area contributed by atoms with E-state index in [2.05, 4.69) is 14.9 Å². The van der Waals surface area contributed by atoms with Crippen LogP contribution in [0.5, 0.6) is 17.4 Å². The number of rotatable bonds is 7. The van der Waals surface area contributed by atoms with Gasteiger partial charge in [0.2, 0.25) is 5.88 Å². The maximum absolute atomic E-state index is 12.0. The standard InChI is InChI=1S/C23H31N3O4/c1-23(2,3)30-22(27)12-7-17-6-5-13-26(16-17)20-14-24-15-21(25-20)29-19-10-8-18(28-4)9-11-19/h8-11,14-15,17H,5-7,12-13,16H2,1-4H3. The topological polar surface area (TPSA) is 73.8 Å². The highest BCUT2D eigenvalue weighted by Crippen LogP contribution is 2.27. The quantitative estimate of drug-likeness (QED) is 0.613. The van der Waals surface area contributed by atoms with E-state index in [0.717, 1.165) is 43.9 Å². The van der Waals surface area contributed by atoms with Crippen molar-refractivity contribution in [3.8, 4) is 17.4 Å². The molecule has 1 aromatic heterocycles. The Labute approximate surface area is 178 Å². The van der Waals surface area contributed by atoms with Gasteiger partial charge >= 0.3 is 5.97 Å². The second kappa shape index (κ2) is 9.78. The Hall–Kier alpha value is -2.83. The molecule has 0 saturated carbocycles. The van der Waals surface area contributed by atoms with Crippen molar-refractivity contribution in [2.24, 2.45) is 5.92 Å². The van der Waals surface area contributed by atoms with Crippen molar-refractivity contribution >= 4 is 11.8 Å². The first-order valence-corrected chi connectivity index (χ1v) is 10.4. The summed E-state index contributed by atoms with van der Waals surface area (Å²) in [6.45, 7) is 7.46. The lowest BCUT2D eigenvalue weighted by molar-refractivity contribution is -0.155. The Morgan fingerprint density at radius 3 is 2.60 bits per heavy atom. The molecular formula is C23H31N3O4. The fourth-order valence-electron chi connectivity index (χ4n) is 3.53. The second-order valence-electron chi connectivity index (χ2n) is 8.57. The van der Waals surface area contributed by atoms with Crippen LogP contribution in [0.3, 0.4) is 0 Å². The molecule has 7 heteroatoms. The van der Waals surface area contributed by atoms with Crippen molar-refractivity contribution < 1.29 is 19.0 Å². The van der Waals surface area contributed by atoms with Crippen molar-refractivity contribution in [1.29, 1.82) is 0 Å². The lowest BCUT2D eigenvalue weighted by Gasteiger charge is -2.33. The van der Waals surface area contributed by atoms with Gasteiger partial charge in [0.25, 0.3) is 0 Å². The summed E-state index contributed by atoms with van der Waals surface area (Å²) in [5.74, 6) is 2.99. The molecular weight excluding hydrogens is 382 g/mol. The van der Waals surface area contributed by atoms with Crippen molar-refractivity contribution in [2.45, 2.75) is 52.1 Å². The van der Waals surface area contributed by atoms with Crippen LogP contribution in [-0.2, 0) is 9.53 Å². The molecule has 30 heavy (non-hydrogen) atoms. The zero-order valence-corrected chi connectivity index (χ0v) is 18.3. The number of esters is 1. The van der Waals surface area contributed by atoms with Gasteiger partial charge in [0.15, 0.2) is 5.82 Å². The number of carbonyl (C=O) groups is 1. The number of carbonyl (C=O) groups excluding carboxylic acids is 1. The van der Waals surface area contributed by atoms with E-state index in [9.17, 15) is 4.79 Å². The van der Waals surface area contributed by atoms with Gasteiger partial charge in [-0.15, -0.1) is 0 Å². The molecule has 0 spiro atoms. The van der Waals surface area contributed by atoms with Crippen LogP contribution in [0.25, 0.3) is 0 Å². The highest BCUT2D eigenvalue weighted by molar-refractivity contribution is 5.69. The van der Waals surface area contributed by atoms with E-state index < -0.39 is 5.60 Å². The van der Waals surface area contributed by atoms with Gasteiger partial charge in [-0.1, -0.05) is 0 Å². The Morgan fingerprint density at radius 1 is 1.17 bits per heavy atom. The molecule has 2 aromatic rings. The molecule has 0 aliphatic carbocycles. The summed E-state index contributed by atoms with van der Waals surface area (Å²) in [7, 11) is 1.63. The molecule has 0 bridgehead atoms. The summed E-state index contributed by atoms with van der Waals surface area (Å²) in [6.07, 6.45) is 6.80. The van der Waals surface area contributed by atoms with E-state index in [4.69, 9.17) is 14.2 Å². The molecule has 1 aliphatic heterocycles. The van der Waals surface area contributed by atoms with Crippen LogP contribution in [0.1, 0.15) is 46.5 Å². The van der Waals surface area contributed by atoms with E-state index >= 15 is 0 Å². The fourth-order valence-corrected chi connectivity index (χ4v) is 3.53. The largest absolute Gasteiger partial charge is 0.497 e. The molecule has 0 radical (unpaired) electrons. The number of hydrogen-bond donors (Lipinski definition) is 0. The predicted molar refractivity (Wildman–Crippen MR) is 115 cm³/mol. The number of methoxy groups -OCH3 is 1. The predicted octanol–water partition coefficient (Wildman–Crippen LogP) is 4.62. The molecule has 3 rings (SSSR count). The first-order chi connectivity index (χ1) is 14.3. The number of hydrogen-bond acceptors (Lipinski definition) is 7. The van der Waals surface area contributed by atoms with Crippen LogP contribution in [0.15, 0.2) is 36.7 Å². The molecule has 162 valence electrons. The van der Waals surface area contributed by atoms with E-state index in [0.29, 0.717) is 24.0 Å². The lowest BCUT2D eigenvalue weighted by Crippen LogP contribution is -2.36. The summed E-state index contributed by atoms with van der Waals surface area (Å²) in [6, 6.07) is 7.35. The normalized spacial score (nSPS) is 16.8. The monoisotopic (exact) mass is 413 g/mol. The molecule has 0 N–H and O–H groups in total. The lowest BCUT2D eigenvalue weighted by atomic mass is 9.93. The average molecular weight is 414 g/mol. The number of aromatic nitrogens is 2. The van der Waals surface area contributed by atoms with Crippen molar-refractivity contribution in [3.05, 3.63) is 36.7 Å². The first-order valence-electron chi connectivity index (χ1n) is 10.4. The summed E-state index contributed by atoms with van der Waals surface area (Å²) < 4.78 is 16.4. The maximum Gasteiger partial charge on any atom is 0.306 e. The minimum atomic E-state index is -0.435. The molecule has 1 unspecified atom stereocenters. The second-order valence-corrected chi connectivity index (χ2v) is 8.57. The van der Waals surface area contributed by atoms with E-state index in [-0.39, 0.29) is 5.97 Å². The summed E-state index contributed by atoms with van der Waals surface area (Å²) in [5, 5.41) is 0. The van der Waals surface area contributed by atoms with Crippen LogP contribution >= 0.6 is 0 Å². The number of benzene rings is 1. The minimum absolute atomic E-state index is 0.130. The maximum atomic E-state index is 12.0. The molecule has 1 aliphatic rings. The molecule has 1 atom stereocenters. The van der Waals surface area contributed by atoms with Crippen molar-refractivity contribution in [1.82, 2.24) is 9.97 Å². The number of nitrogens with zero attached hydrogens (tertiary/aromatic N) is 3. The van der Waals surface area contributed by atoms with Crippen LogP contribution in [0.4, 0.5) is 5.82 Å². The molecule has 1 saturated heterocycles. The third kappa shape index (κ3) is 6.61. The minimum Gasteiger partial charge on any atom is -0.497 e. The third-order valence-corrected chi connectivity index (χ3v) is 4.90. The van der Waals surface area contributed by atoms with Gasteiger partial charge in [-0.2, -0.15) is 4.98 Å². The molecule has 7 nitrogen and oxygen atoms in total. The van der Waals surface area contributed by atoms with Crippen LogP contribution in [0.2, 0.25) is 0 Å². The zero-order valence-electron chi connectivity index (χ0n) is 18.3. The Bertz CT molecular complexity index is 833. The van der Waals surface area contributed by atoms with Crippen molar-refractivity contribution in [3.63, 3.8) is 0 Å². The highest BCUT2D eigenvalue weighted by atomic mass is 16.6.